The monoisotopic (exact) mass is 462 g/mol. The summed E-state index contributed by atoms with van der Waals surface area (Å²) in [5.74, 6) is 2.13. The molecule has 1 aromatic carbocycles. The van der Waals surface area contributed by atoms with Gasteiger partial charge in [-0.1, -0.05) is 0 Å². The van der Waals surface area contributed by atoms with Crippen molar-refractivity contribution in [1.82, 2.24) is 20.2 Å². The van der Waals surface area contributed by atoms with E-state index in [0.717, 1.165) is 53.8 Å². The molecule has 1 N–H and O–H groups in total. The number of nitrogens with zero attached hydrogens (tertiary/aromatic N) is 3. The highest BCUT2D eigenvalue weighted by molar-refractivity contribution is 5.87. The molecule has 0 bridgehead atoms. The number of methoxy groups -OCH3 is 1. The van der Waals surface area contributed by atoms with Crippen molar-refractivity contribution in [2.45, 2.75) is 25.4 Å². The van der Waals surface area contributed by atoms with Crippen LogP contribution in [0.3, 0.4) is 0 Å². The number of likely N-dealkylation sites (tertiary alicyclic amines) is 1. The van der Waals surface area contributed by atoms with E-state index in [1.807, 2.05) is 36.4 Å². The number of fused-ring (bicyclic) bond motifs is 1. The molecule has 2 fully saturated rings. The van der Waals surface area contributed by atoms with Crippen LogP contribution in [0.2, 0.25) is 0 Å². The zero-order valence-corrected chi connectivity index (χ0v) is 19.6. The minimum absolute atomic E-state index is 0.0658. The number of nitrogens with one attached hydrogen (secondary N) is 1. The zero-order valence-electron chi connectivity index (χ0n) is 19.6. The molecule has 0 saturated carbocycles. The molecule has 8 nitrogen and oxygen atoms in total. The van der Waals surface area contributed by atoms with Crippen molar-refractivity contribution >= 4 is 16.8 Å². The quantitative estimate of drug-likeness (QED) is 0.577. The summed E-state index contributed by atoms with van der Waals surface area (Å²) in [6.07, 6.45) is 4.55. The van der Waals surface area contributed by atoms with Crippen molar-refractivity contribution in [3.63, 3.8) is 0 Å². The Morgan fingerprint density at radius 1 is 1.21 bits per heavy atom. The van der Waals surface area contributed by atoms with Crippen LogP contribution in [0.25, 0.3) is 22.2 Å². The first-order chi connectivity index (χ1) is 16.6. The number of pyridine rings is 2. The third-order valence-electron chi connectivity index (χ3n) is 6.42. The molecule has 0 radical (unpaired) electrons. The maximum Gasteiger partial charge on any atom is 0.223 e. The Balaban J connectivity index is 1.42. The number of hydrogen-bond donors (Lipinski definition) is 1. The van der Waals surface area contributed by atoms with Crippen molar-refractivity contribution < 1.29 is 19.0 Å². The van der Waals surface area contributed by atoms with Gasteiger partial charge >= 0.3 is 0 Å². The van der Waals surface area contributed by atoms with Gasteiger partial charge in [-0.25, -0.2) is 4.98 Å². The van der Waals surface area contributed by atoms with E-state index in [1.165, 1.54) is 0 Å². The smallest absolute Gasteiger partial charge is 0.223 e. The number of rotatable bonds is 7. The Hall–Kier alpha value is -3.39. The van der Waals surface area contributed by atoms with Gasteiger partial charge in [-0.2, -0.15) is 0 Å². The standard InChI is InChI=1S/C26H30N4O4/c1-30-10-4-5-19(15-30)34-23-8-7-18(12-24(23)32-2)21-13-22-20(6-3-9-27-22)26(29-21)33-16-17-11-25(31)28-14-17/h3,6-9,12-13,17,19H,4-5,10-11,14-16H2,1-2H3,(H,28,31)/t17?,19-/m1/s1. The molecule has 0 aliphatic carbocycles. The lowest BCUT2D eigenvalue weighted by atomic mass is 10.1. The second-order valence-electron chi connectivity index (χ2n) is 9.08. The summed E-state index contributed by atoms with van der Waals surface area (Å²) in [5, 5.41) is 3.69. The number of likely N-dealkylation sites (N-methyl/N-ethyl adjacent to an activating group) is 1. The van der Waals surface area contributed by atoms with E-state index in [-0.39, 0.29) is 17.9 Å². The Morgan fingerprint density at radius 3 is 2.91 bits per heavy atom. The molecular formula is C26H30N4O4. The summed E-state index contributed by atoms with van der Waals surface area (Å²) in [7, 11) is 3.77. The lowest BCUT2D eigenvalue weighted by Gasteiger charge is -2.30. The van der Waals surface area contributed by atoms with Gasteiger partial charge in [0.2, 0.25) is 11.8 Å². The molecule has 0 spiro atoms. The van der Waals surface area contributed by atoms with Crippen LogP contribution in [-0.4, -0.2) is 67.3 Å². The number of ether oxygens (including phenoxy) is 3. The molecular weight excluding hydrogens is 432 g/mol. The number of carbonyl (C=O) groups excluding carboxylic acids is 1. The summed E-state index contributed by atoms with van der Waals surface area (Å²) in [6, 6.07) is 11.7. The Kier molecular flexibility index (Phi) is 6.49. The fourth-order valence-electron chi connectivity index (χ4n) is 4.60. The van der Waals surface area contributed by atoms with Crippen molar-refractivity contribution in [1.29, 1.82) is 0 Å². The molecule has 3 aromatic rings. The van der Waals surface area contributed by atoms with Gasteiger partial charge in [0.05, 0.1) is 30.3 Å². The van der Waals surface area contributed by atoms with Gasteiger partial charge in [-0.15, -0.1) is 0 Å². The van der Waals surface area contributed by atoms with E-state index in [9.17, 15) is 4.79 Å². The molecule has 4 heterocycles. The van der Waals surface area contributed by atoms with Gasteiger partial charge in [0, 0.05) is 37.2 Å². The van der Waals surface area contributed by atoms with Crippen LogP contribution in [0.15, 0.2) is 42.6 Å². The minimum Gasteiger partial charge on any atom is -0.493 e. The molecule has 2 saturated heterocycles. The first-order valence-electron chi connectivity index (χ1n) is 11.8. The SMILES string of the molecule is COc1cc(-c2cc3ncccc3c(OCC3CNC(=O)C3)n2)ccc1O[C@@H]1CCCN(C)C1. The molecule has 2 atom stereocenters. The molecule has 1 unspecified atom stereocenters. The van der Waals surface area contributed by atoms with Crippen molar-refractivity contribution in [2.75, 3.05) is 40.4 Å². The summed E-state index contributed by atoms with van der Waals surface area (Å²) in [5.41, 5.74) is 2.43. The largest absolute Gasteiger partial charge is 0.493 e. The number of amides is 1. The van der Waals surface area contributed by atoms with Crippen molar-refractivity contribution in [2.24, 2.45) is 5.92 Å². The number of hydrogen-bond acceptors (Lipinski definition) is 7. The van der Waals surface area contributed by atoms with E-state index in [0.29, 0.717) is 31.2 Å². The zero-order chi connectivity index (χ0) is 23.5. The van der Waals surface area contributed by atoms with Crippen LogP contribution in [0.5, 0.6) is 17.4 Å². The van der Waals surface area contributed by atoms with E-state index in [2.05, 4.69) is 22.2 Å². The molecule has 2 aliphatic heterocycles. The molecule has 2 aliphatic rings. The van der Waals surface area contributed by atoms with Crippen molar-refractivity contribution in [3.05, 3.63) is 42.6 Å². The third-order valence-corrected chi connectivity index (χ3v) is 6.42. The molecule has 34 heavy (non-hydrogen) atoms. The van der Waals surface area contributed by atoms with E-state index in [1.54, 1.807) is 13.3 Å². The average Bonchev–Trinajstić information content (AvgIpc) is 3.27. The van der Waals surface area contributed by atoms with Gasteiger partial charge in [0.25, 0.3) is 0 Å². The second kappa shape index (κ2) is 9.85. The number of aromatic nitrogens is 2. The lowest BCUT2D eigenvalue weighted by Crippen LogP contribution is -2.38. The topological polar surface area (TPSA) is 85.8 Å². The van der Waals surface area contributed by atoms with E-state index < -0.39 is 0 Å². The average molecular weight is 463 g/mol. The van der Waals surface area contributed by atoms with E-state index >= 15 is 0 Å². The second-order valence-corrected chi connectivity index (χ2v) is 9.08. The van der Waals surface area contributed by atoms with E-state index in [4.69, 9.17) is 19.2 Å². The first-order valence-corrected chi connectivity index (χ1v) is 11.8. The lowest BCUT2D eigenvalue weighted by molar-refractivity contribution is -0.119. The normalized spacial score (nSPS) is 20.8. The van der Waals surface area contributed by atoms with Crippen LogP contribution < -0.4 is 19.5 Å². The maximum atomic E-state index is 11.5. The molecule has 5 rings (SSSR count). The van der Waals surface area contributed by atoms with Gasteiger partial charge in [-0.3, -0.25) is 9.78 Å². The number of carbonyl (C=O) groups is 1. The predicted octanol–water partition coefficient (Wildman–Crippen LogP) is 3.29. The number of piperidine rings is 1. The Morgan fingerprint density at radius 2 is 2.12 bits per heavy atom. The summed E-state index contributed by atoms with van der Waals surface area (Å²) in [4.78, 5) is 23.1. The summed E-state index contributed by atoms with van der Waals surface area (Å²) < 4.78 is 18.0. The van der Waals surface area contributed by atoms with Crippen LogP contribution in [-0.2, 0) is 4.79 Å². The maximum absolute atomic E-state index is 11.5. The van der Waals surface area contributed by atoms with Crippen molar-refractivity contribution in [3.8, 4) is 28.6 Å². The fraction of sp³-hybridized carbons (Fsp3) is 0.423. The minimum atomic E-state index is 0.0658. The Bertz CT molecular complexity index is 1180. The first kappa shape index (κ1) is 22.4. The molecule has 178 valence electrons. The van der Waals surface area contributed by atoms with Gasteiger partial charge in [0.15, 0.2) is 11.5 Å². The molecule has 2 aromatic heterocycles. The molecule has 8 heteroatoms. The van der Waals surface area contributed by atoms with Gasteiger partial charge < -0.3 is 24.4 Å². The van der Waals surface area contributed by atoms with Gasteiger partial charge in [0.1, 0.15) is 6.10 Å². The highest BCUT2D eigenvalue weighted by Crippen LogP contribution is 2.35. The summed E-state index contributed by atoms with van der Waals surface area (Å²) >= 11 is 0. The van der Waals surface area contributed by atoms with Crippen LogP contribution >= 0.6 is 0 Å². The van der Waals surface area contributed by atoms with Crippen LogP contribution in [0, 0.1) is 5.92 Å². The summed E-state index contributed by atoms with van der Waals surface area (Å²) in [6.45, 7) is 3.07. The van der Waals surface area contributed by atoms with Gasteiger partial charge in [-0.05, 0) is 62.8 Å². The van der Waals surface area contributed by atoms with Crippen LogP contribution in [0.1, 0.15) is 19.3 Å². The number of benzene rings is 1. The highest BCUT2D eigenvalue weighted by Gasteiger charge is 2.23. The molecule has 1 amide bonds. The Labute approximate surface area is 199 Å². The van der Waals surface area contributed by atoms with Crippen LogP contribution in [0.4, 0.5) is 0 Å². The third kappa shape index (κ3) is 4.92. The fourth-order valence-corrected chi connectivity index (χ4v) is 4.60. The predicted molar refractivity (Wildman–Crippen MR) is 129 cm³/mol. The highest BCUT2D eigenvalue weighted by atomic mass is 16.5.